The Bertz CT molecular complexity index is 761. The molecule has 0 radical (unpaired) electrons. The molecule has 0 aliphatic rings. The molecule has 0 aliphatic heterocycles. The largest absolute Gasteiger partial charge is 0.384 e. The normalized spacial score (nSPS) is 13.8. The predicted molar refractivity (Wildman–Crippen MR) is 95.4 cm³/mol. The van der Waals surface area contributed by atoms with Crippen LogP contribution in [0.4, 0.5) is 11.4 Å². The lowest BCUT2D eigenvalue weighted by molar-refractivity contribution is 0.136. The van der Waals surface area contributed by atoms with E-state index in [9.17, 15) is 16.8 Å². The number of hydrogen-bond acceptors (Lipinski definition) is 6. The van der Waals surface area contributed by atoms with Gasteiger partial charge in [-0.25, -0.2) is 21.1 Å². The first kappa shape index (κ1) is 20.7. The van der Waals surface area contributed by atoms with E-state index in [0.717, 1.165) is 4.31 Å². The second kappa shape index (κ2) is 8.15. The Morgan fingerprint density at radius 1 is 1.17 bits per heavy atom. The lowest BCUT2D eigenvalue weighted by Crippen LogP contribution is -2.26. The first-order chi connectivity index (χ1) is 11.0. The summed E-state index contributed by atoms with van der Waals surface area (Å²) in [7, 11) is -3.11. The number of rotatable bonds is 9. The van der Waals surface area contributed by atoms with Crippen molar-refractivity contribution in [2.24, 2.45) is 0 Å². The number of ether oxygens (including phenoxy) is 1. The maximum absolute atomic E-state index is 12.3. The zero-order valence-corrected chi connectivity index (χ0v) is 16.2. The van der Waals surface area contributed by atoms with E-state index < -0.39 is 26.2 Å². The van der Waals surface area contributed by atoms with Gasteiger partial charge in [-0.1, -0.05) is 0 Å². The highest BCUT2D eigenvalue weighted by molar-refractivity contribution is 7.92. The van der Waals surface area contributed by atoms with Crippen molar-refractivity contribution in [3.05, 3.63) is 18.2 Å². The molecular weight excluding hydrogens is 354 g/mol. The first-order valence-corrected chi connectivity index (χ1v) is 10.5. The van der Waals surface area contributed by atoms with Crippen LogP contribution in [0.2, 0.25) is 0 Å². The molecular formula is C14H25N3O5S2. The Labute approximate surface area is 144 Å². The Morgan fingerprint density at radius 2 is 1.79 bits per heavy atom. The van der Waals surface area contributed by atoms with Gasteiger partial charge < -0.3 is 10.1 Å². The summed E-state index contributed by atoms with van der Waals surface area (Å²) in [6.07, 6.45) is -0.487. The van der Waals surface area contributed by atoms with Crippen LogP contribution in [0.5, 0.6) is 0 Å². The van der Waals surface area contributed by atoms with Crippen molar-refractivity contribution in [2.75, 3.05) is 43.5 Å². The number of anilines is 2. The summed E-state index contributed by atoms with van der Waals surface area (Å²) in [5.41, 5.74) is 0.687. The molecule has 0 aliphatic carbocycles. The van der Waals surface area contributed by atoms with Crippen molar-refractivity contribution >= 4 is 31.4 Å². The minimum atomic E-state index is -3.69. The highest BCUT2D eigenvalue weighted by Crippen LogP contribution is 2.27. The summed E-state index contributed by atoms with van der Waals surface area (Å²) in [6.45, 7) is 4.05. The summed E-state index contributed by atoms with van der Waals surface area (Å²) >= 11 is 0. The van der Waals surface area contributed by atoms with Gasteiger partial charge in [-0.15, -0.1) is 0 Å². The van der Waals surface area contributed by atoms with Gasteiger partial charge >= 0.3 is 0 Å². The van der Waals surface area contributed by atoms with Crippen molar-refractivity contribution in [1.82, 2.24) is 4.31 Å². The van der Waals surface area contributed by atoms with Gasteiger partial charge in [0.1, 0.15) is 0 Å². The second-order valence-corrected chi connectivity index (χ2v) is 9.37. The molecule has 0 aromatic heterocycles. The quantitative estimate of drug-likeness (QED) is 0.667. The molecule has 0 fully saturated rings. The second-order valence-electron chi connectivity index (χ2n) is 5.45. The average Bonchev–Trinajstić information content (AvgIpc) is 2.47. The van der Waals surface area contributed by atoms with E-state index in [-0.39, 0.29) is 16.3 Å². The zero-order chi connectivity index (χ0) is 18.5. The summed E-state index contributed by atoms with van der Waals surface area (Å²) in [5.74, 6) is -0.236. The zero-order valence-electron chi connectivity index (χ0n) is 14.5. The summed E-state index contributed by atoms with van der Waals surface area (Å²) < 4.78 is 57.5. The van der Waals surface area contributed by atoms with E-state index in [1.807, 2.05) is 6.92 Å². The Balaban J connectivity index is 3.28. The average molecular weight is 380 g/mol. The molecule has 138 valence electrons. The van der Waals surface area contributed by atoms with Crippen LogP contribution < -0.4 is 10.0 Å². The van der Waals surface area contributed by atoms with Crippen LogP contribution in [0.25, 0.3) is 0 Å². The number of hydrogen-bond donors (Lipinski definition) is 2. The number of nitrogens with zero attached hydrogens (tertiary/aromatic N) is 1. The van der Waals surface area contributed by atoms with Crippen LogP contribution in [-0.2, 0) is 24.8 Å². The van der Waals surface area contributed by atoms with E-state index in [4.69, 9.17) is 4.74 Å². The summed E-state index contributed by atoms with van der Waals surface area (Å²) in [6, 6.07) is 4.28. The molecule has 1 aromatic carbocycles. The number of methoxy groups -OCH3 is 1. The molecule has 1 atom stereocenters. The first-order valence-electron chi connectivity index (χ1n) is 7.37. The van der Waals surface area contributed by atoms with Crippen molar-refractivity contribution in [3.8, 4) is 0 Å². The standard InChI is InChI=1S/C14H25N3O5S2/c1-6-15-13-8-7-12(24(20,21)17(3)4)9-14(13)16-23(18,19)10-11(2)22-5/h7-9,11,15-16H,6,10H2,1-5H3. The van der Waals surface area contributed by atoms with Crippen LogP contribution >= 0.6 is 0 Å². The Hall–Kier alpha value is -1.36. The van der Waals surface area contributed by atoms with Gasteiger partial charge in [0.25, 0.3) is 0 Å². The number of sulfonamides is 2. The topological polar surface area (TPSA) is 105 Å². The molecule has 0 saturated heterocycles. The van der Waals surface area contributed by atoms with Crippen LogP contribution in [0.15, 0.2) is 23.1 Å². The number of benzene rings is 1. The predicted octanol–water partition coefficient (Wildman–Crippen LogP) is 1.15. The fourth-order valence-corrected chi connectivity index (χ4v) is 4.18. The molecule has 0 amide bonds. The van der Waals surface area contributed by atoms with Gasteiger partial charge in [0.05, 0.1) is 28.1 Å². The molecule has 0 bridgehead atoms. The van der Waals surface area contributed by atoms with Crippen molar-refractivity contribution in [3.63, 3.8) is 0 Å². The fraction of sp³-hybridized carbons (Fsp3) is 0.571. The SMILES string of the molecule is CCNc1ccc(S(=O)(=O)N(C)C)cc1NS(=O)(=O)CC(C)OC. The van der Waals surface area contributed by atoms with E-state index >= 15 is 0 Å². The highest BCUT2D eigenvalue weighted by atomic mass is 32.2. The minimum Gasteiger partial charge on any atom is -0.384 e. The third-order valence-electron chi connectivity index (χ3n) is 3.26. The monoisotopic (exact) mass is 379 g/mol. The molecule has 1 rings (SSSR count). The Morgan fingerprint density at radius 3 is 2.29 bits per heavy atom. The molecule has 0 spiro atoms. The molecule has 1 unspecified atom stereocenters. The van der Waals surface area contributed by atoms with Crippen molar-refractivity contribution in [1.29, 1.82) is 0 Å². The molecule has 0 saturated carbocycles. The minimum absolute atomic E-state index is 0.00615. The van der Waals surface area contributed by atoms with Gasteiger partial charge in [-0.2, -0.15) is 0 Å². The third kappa shape index (κ3) is 5.33. The van der Waals surface area contributed by atoms with Gasteiger partial charge in [0.2, 0.25) is 20.0 Å². The van der Waals surface area contributed by atoms with Gasteiger partial charge in [-0.3, -0.25) is 4.72 Å². The van der Waals surface area contributed by atoms with Crippen molar-refractivity contribution < 1.29 is 21.6 Å². The summed E-state index contributed by atoms with van der Waals surface area (Å²) in [4.78, 5) is 0.00615. The molecule has 1 aromatic rings. The maximum atomic E-state index is 12.3. The van der Waals surface area contributed by atoms with Gasteiger partial charge in [-0.05, 0) is 32.0 Å². The Kier molecular flexibility index (Phi) is 7.02. The molecule has 10 heteroatoms. The van der Waals surface area contributed by atoms with E-state index in [1.165, 1.54) is 39.4 Å². The maximum Gasteiger partial charge on any atom is 0.242 e. The van der Waals surface area contributed by atoms with Crippen molar-refractivity contribution in [2.45, 2.75) is 24.8 Å². The lowest BCUT2D eigenvalue weighted by Gasteiger charge is -2.18. The third-order valence-corrected chi connectivity index (χ3v) is 6.51. The van der Waals surface area contributed by atoms with E-state index in [0.29, 0.717) is 12.2 Å². The number of nitrogens with one attached hydrogen (secondary N) is 2. The van der Waals surface area contributed by atoms with E-state index in [1.54, 1.807) is 6.92 Å². The van der Waals surface area contributed by atoms with Crippen LogP contribution in [0, 0.1) is 0 Å². The molecule has 8 nitrogen and oxygen atoms in total. The van der Waals surface area contributed by atoms with Crippen LogP contribution in [0.3, 0.4) is 0 Å². The molecule has 0 heterocycles. The lowest BCUT2D eigenvalue weighted by atomic mass is 10.2. The van der Waals surface area contributed by atoms with Crippen LogP contribution in [-0.4, -0.2) is 60.7 Å². The molecule has 24 heavy (non-hydrogen) atoms. The fourth-order valence-electron chi connectivity index (χ4n) is 1.91. The summed E-state index contributed by atoms with van der Waals surface area (Å²) in [5, 5.41) is 3.01. The molecule has 2 N–H and O–H groups in total. The van der Waals surface area contributed by atoms with Gasteiger partial charge in [0.15, 0.2) is 0 Å². The van der Waals surface area contributed by atoms with E-state index in [2.05, 4.69) is 10.0 Å². The smallest absolute Gasteiger partial charge is 0.242 e. The highest BCUT2D eigenvalue weighted by Gasteiger charge is 2.21. The van der Waals surface area contributed by atoms with Crippen LogP contribution in [0.1, 0.15) is 13.8 Å². The van der Waals surface area contributed by atoms with Gasteiger partial charge in [0, 0.05) is 27.7 Å².